The molecule has 27 heavy (non-hydrogen) atoms. The molecule has 1 aromatic rings. The SMILES string of the molecule is C[C@@H]1CC[C@@H]2C(=O)N(c3ccc(C(=O)NC[C@H]4CCCO4)cc3)C(=O)[C@H]2C1. The summed E-state index contributed by atoms with van der Waals surface area (Å²) in [6.45, 7) is 3.40. The van der Waals surface area contributed by atoms with Gasteiger partial charge in [-0.2, -0.15) is 0 Å². The number of hydrogen-bond donors (Lipinski definition) is 1. The Kier molecular flexibility index (Phi) is 5.00. The van der Waals surface area contributed by atoms with Crippen LogP contribution in [0.15, 0.2) is 24.3 Å². The van der Waals surface area contributed by atoms with E-state index >= 15 is 0 Å². The normalized spacial score (nSPS) is 30.5. The minimum absolute atomic E-state index is 0.0903. The number of rotatable bonds is 4. The van der Waals surface area contributed by atoms with Gasteiger partial charge in [-0.3, -0.25) is 19.3 Å². The molecule has 3 fully saturated rings. The highest BCUT2D eigenvalue weighted by atomic mass is 16.5. The van der Waals surface area contributed by atoms with Gasteiger partial charge in [-0.15, -0.1) is 0 Å². The Balaban J connectivity index is 1.43. The quantitative estimate of drug-likeness (QED) is 0.827. The standard InChI is InChI=1S/C21H26N2O4/c1-13-4-9-17-18(11-13)21(26)23(20(17)25)15-7-5-14(6-8-15)19(24)22-12-16-3-2-10-27-16/h5-8,13,16-18H,2-4,9-12H2,1H3,(H,22,24)/t13-,16-,17+,18+/m1/s1. The molecule has 1 aromatic carbocycles. The van der Waals surface area contributed by atoms with Crippen molar-refractivity contribution >= 4 is 23.4 Å². The third-order valence-electron chi connectivity index (χ3n) is 6.09. The van der Waals surface area contributed by atoms with E-state index in [9.17, 15) is 14.4 Å². The Morgan fingerprint density at radius 2 is 1.85 bits per heavy atom. The molecule has 0 radical (unpaired) electrons. The molecule has 1 N–H and O–H groups in total. The summed E-state index contributed by atoms with van der Waals surface area (Å²) in [5.41, 5.74) is 1.07. The first-order chi connectivity index (χ1) is 13.0. The van der Waals surface area contributed by atoms with Gasteiger partial charge in [0.2, 0.25) is 11.8 Å². The zero-order valence-electron chi connectivity index (χ0n) is 15.6. The average molecular weight is 370 g/mol. The Labute approximate surface area is 159 Å². The van der Waals surface area contributed by atoms with E-state index in [0.717, 1.165) is 38.7 Å². The molecule has 0 bridgehead atoms. The van der Waals surface area contributed by atoms with E-state index in [2.05, 4.69) is 12.2 Å². The molecule has 3 amide bonds. The van der Waals surface area contributed by atoms with Crippen LogP contribution in [0.4, 0.5) is 5.69 Å². The molecule has 1 aliphatic carbocycles. The van der Waals surface area contributed by atoms with Crippen LogP contribution in [0, 0.1) is 17.8 Å². The van der Waals surface area contributed by atoms with Gasteiger partial charge < -0.3 is 10.1 Å². The lowest BCUT2D eigenvalue weighted by atomic mass is 9.76. The maximum atomic E-state index is 12.8. The molecule has 3 aliphatic rings. The summed E-state index contributed by atoms with van der Waals surface area (Å²) >= 11 is 0. The Bertz CT molecular complexity index is 739. The molecule has 2 saturated heterocycles. The number of hydrogen-bond acceptors (Lipinski definition) is 4. The van der Waals surface area contributed by atoms with Gasteiger partial charge in [0, 0.05) is 18.7 Å². The fourth-order valence-corrected chi connectivity index (χ4v) is 4.52. The van der Waals surface area contributed by atoms with E-state index in [4.69, 9.17) is 4.74 Å². The van der Waals surface area contributed by atoms with Crippen LogP contribution in [0.25, 0.3) is 0 Å². The molecular weight excluding hydrogens is 344 g/mol. The molecule has 6 heteroatoms. The highest BCUT2D eigenvalue weighted by Gasteiger charge is 2.49. The first kappa shape index (κ1) is 18.2. The molecule has 2 aliphatic heterocycles. The lowest BCUT2D eigenvalue weighted by molar-refractivity contribution is -0.122. The maximum Gasteiger partial charge on any atom is 0.251 e. The summed E-state index contributed by atoms with van der Waals surface area (Å²) in [4.78, 5) is 39.1. The molecule has 0 aromatic heterocycles. The zero-order chi connectivity index (χ0) is 19.0. The maximum absolute atomic E-state index is 12.8. The lowest BCUT2D eigenvalue weighted by Crippen LogP contribution is -2.32. The van der Waals surface area contributed by atoms with E-state index in [1.54, 1.807) is 24.3 Å². The number of imide groups is 1. The fourth-order valence-electron chi connectivity index (χ4n) is 4.52. The van der Waals surface area contributed by atoms with Crippen LogP contribution < -0.4 is 10.2 Å². The zero-order valence-corrected chi connectivity index (χ0v) is 15.6. The Morgan fingerprint density at radius 3 is 2.56 bits per heavy atom. The van der Waals surface area contributed by atoms with Crippen molar-refractivity contribution in [3.63, 3.8) is 0 Å². The predicted molar refractivity (Wildman–Crippen MR) is 100 cm³/mol. The number of nitrogens with one attached hydrogen (secondary N) is 1. The second kappa shape index (κ2) is 7.43. The predicted octanol–water partition coefficient (Wildman–Crippen LogP) is 2.52. The topological polar surface area (TPSA) is 75.7 Å². The van der Waals surface area contributed by atoms with Crippen molar-refractivity contribution < 1.29 is 19.1 Å². The largest absolute Gasteiger partial charge is 0.376 e. The van der Waals surface area contributed by atoms with Gasteiger partial charge in [0.15, 0.2) is 0 Å². The molecule has 4 atom stereocenters. The third kappa shape index (κ3) is 3.50. The van der Waals surface area contributed by atoms with Crippen molar-refractivity contribution in [3.8, 4) is 0 Å². The molecule has 1 saturated carbocycles. The molecule has 0 unspecified atom stereocenters. The van der Waals surface area contributed by atoms with E-state index < -0.39 is 0 Å². The van der Waals surface area contributed by atoms with Crippen LogP contribution in [0.2, 0.25) is 0 Å². The fraction of sp³-hybridized carbons (Fsp3) is 0.571. The monoisotopic (exact) mass is 370 g/mol. The first-order valence-corrected chi connectivity index (χ1v) is 9.92. The van der Waals surface area contributed by atoms with Gasteiger partial charge in [-0.25, -0.2) is 0 Å². The third-order valence-corrected chi connectivity index (χ3v) is 6.09. The number of carbonyl (C=O) groups excluding carboxylic acids is 3. The van der Waals surface area contributed by atoms with Gasteiger partial charge in [0.1, 0.15) is 0 Å². The highest BCUT2D eigenvalue weighted by molar-refractivity contribution is 6.22. The number of fused-ring (bicyclic) bond motifs is 1. The second-order valence-electron chi connectivity index (χ2n) is 8.04. The minimum Gasteiger partial charge on any atom is -0.376 e. The van der Waals surface area contributed by atoms with Gasteiger partial charge in [0.25, 0.3) is 5.91 Å². The molecule has 6 nitrogen and oxygen atoms in total. The summed E-state index contributed by atoms with van der Waals surface area (Å²) in [5, 5.41) is 2.88. The van der Waals surface area contributed by atoms with E-state index in [0.29, 0.717) is 23.7 Å². The van der Waals surface area contributed by atoms with Crippen molar-refractivity contribution in [3.05, 3.63) is 29.8 Å². The molecule has 144 valence electrons. The average Bonchev–Trinajstić information content (AvgIpc) is 3.27. The van der Waals surface area contributed by atoms with Crippen molar-refractivity contribution in [2.75, 3.05) is 18.1 Å². The van der Waals surface area contributed by atoms with Crippen LogP contribution >= 0.6 is 0 Å². The molecule has 2 heterocycles. The van der Waals surface area contributed by atoms with Gasteiger partial charge in [-0.1, -0.05) is 6.92 Å². The Hall–Kier alpha value is -2.21. The second-order valence-corrected chi connectivity index (χ2v) is 8.04. The minimum atomic E-state index is -0.185. The smallest absolute Gasteiger partial charge is 0.251 e. The summed E-state index contributed by atoms with van der Waals surface area (Å²) < 4.78 is 5.51. The van der Waals surface area contributed by atoms with E-state index in [-0.39, 0.29) is 35.7 Å². The van der Waals surface area contributed by atoms with Crippen LogP contribution in [0.5, 0.6) is 0 Å². The Morgan fingerprint density at radius 1 is 1.11 bits per heavy atom. The van der Waals surface area contributed by atoms with Crippen molar-refractivity contribution in [1.82, 2.24) is 5.32 Å². The summed E-state index contributed by atoms with van der Waals surface area (Å²) in [5.74, 6) is -0.227. The summed E-state index contributed by atoms with van der Waals surface area (Å²) in [6.07, 6.45) is 4.68. The highest BCUT2D eigenvalue weighted by Crippen LogP contribution is 2.42. The van der Waals surface area contributed by atoms with Crippen LogP contribution in [0.1, 0.15) is 49.4 Å². The van der Waals surface area contributed by atoms with Crippen LogP contribution in [-0.4, -0.2) is 37.0 Å². The number of amides is 3. The molecular formula is C21H26N2O4. The molecule has 0 spiro atoms. The lowest BCUT2D eigenvalue weighted by Gasteiger charge is -2.25. The number of anilines is 1. The van der Waals surface area contributed by atoms with E-state index in [1.807, 2.05) is 0 Å². The van der Waals surface area contributed by atoms with Crippen molar-refractivity contribution in [2.45, 2.75) is 45.1 Å². The first-order valence-electron chi connectivity index (χ1n) is 9.92. The van der Waals surface area contributed by atoms with Crippen LogP contribution in [-0.2, 0) is 14.3 Å². The van der Waals surface area contributed by atoms with Gasteiger partial charge >= 0.3 is 0 Å². The van der Waals surface area contributed by atoms with Crippen molar-refractivity contribution in [2.24, 2.45) is 17.8 Å². The van der Waals surface area contributed by atoms with Crippen LogP contribution in [0.3, 0.4) is 0 Å². The number of nitrogens with zero attached hydrogens (tertiary/aromatic N) is 1. The van der Waals surface area contributed by atoms with Gasteiger partial charge in [-0.05, 0) is 62.3 Å². The number of carbonyl (C=O) groups is 3. The van der Waals surface area contributed by atoms with E-state index in [1.165, 1.54) is 4.90 Å². The van der Waals surface area contributed by atoms with Crippen molar-refractivity contribution in [1.29, 1.82) is 0 Å². The number of benzene rings is 1. The summed E-state index contributed by atoms with van der Waals surface area (Å²) in [7, 11) is 0. The number of ether oxygens (including phenoxy) is 1. The van der Waals surface area contributed by atoms with Gasteiger partial charge in [0.05, 0.1) is 23.6 Å². The molecule has 4 rings (SSSR count). The summed E-state index contributed by atoms with van der Waals surface area (Å²) in [6, 6.07) is 6.73.